The van der Waals surface area contributed by atoms with Crippen molar-refractivity contribution in [1.29, 1.82) is 0 Å². The first-order chi connectivity index (χ1) is 12.1. The van der Waals surface area contributed by atoms with Gasteiger partial charge in [-0.25, -0.2) is 0 Å². The Kier molecular flexibility index (Phi) is 5.59. The molecular weight excluding hydrogens is 314 g/mol. The lowest BCUT2D eigenvalue weighted by Crippen LogP contribution is -2.44. The number of para-hydroxylation sites is 1. The second-order valence-corrected chi connectivity index (χ2v) is 6.92. The molecule has 1 amide bonds. The van der Waals surface area contributed by atoms with E-state index < -0.39 is 0 Å². The smallest absolute Gasteiger partial charge is 0.260 e. The minimum atomic E-state index is 0.0489. The first-order valence-electron chi connectivity index (χ1n) is 8.83. The van der Waals surface area contributed by atoms with Gasteiger partial charge < -0.3 is 14.4 Å². The fraction of sp³-hybridized carbons (Fsp3) is 0.381. The third-order valence-corrected chi connectivity index (χ3v) is 4.37. The van der Waals surface area contributed by atoms with Crippen LogP contribution in [-0.4, -0.2) is 30.5 Å². The summed E-state index contributed by atoms with van der Waals surface area (Å²) in [6.07, 6.45) is 1.18. The third-order valence-electron chi connectivity index (χ3n) is 4.37. The van der Waals surface area contributed by atoms with Gasteiger partial charge in [0.05, 0.1) is 0 Å². The summed E-state index contributed by atoms with van der Waals surface area (Å²) in [5.74, 6) is 3.25. The first kappa shape index (κ1) is 17.3. The lowest BCUT2D eigenvalue weighted by molar-refractivity contribution is -0.136. The summed E-state index contributed by atoms with van der Waals surface area (Å²) in [6, 6.07) is 17.0. The Balaban J connectivity index is 1.56. The molecule has 1 aliphatic rings. The van der Waals surface area contributed by atoms with E-state index in [1.807, 2.05) is 59.5 Å². The van der Waals surface area contributed by atoms with Gasteiger partial charge in [0.25, 0.3) is 5.91 Å². The van der Waals surface area contributed by atoms with Crippen LogP contribution < -0.4 is 9.47 Å². The van der Waals surface area contributed by atoms with E-state index >= 15 is 0 Å². The van der Waals surface area contributed by atoms with Crippen LogP contribution >= 0.6 is 0 Å². The van der Waals surface area contributed by atoms with E-state index in [1.54, 1.807) is 0 Å². The third kappa shape index (κ3) is 4.99. The molecule has 1 fully saturated rings. The molecule has 1 heterocycles. The molecule has 1 aliphatic heterocycles. The summed E-state index contributed by atoms with van der Waals surface area (Å²) < 4.78 is 11.5. The number of amides is 1. The summed E-state index contributed by atoms with van der Waals surface area (Å²) in [5, 5.41) is 0. The lowest BCUT2D eigenvalue weighted by atomic mass is 9.92. The maximum atomic E-state index is 12.4. The maximum Gasteiger partial charge on any atom is 0.260 e. The van der Waals surface area contributed by atoms with E-state index in [0.717, 1.165) is 18.8 Å². The molecule has 0 radical (unpaired) electrons. The topological polar surface area (TPSA) is 38.8 Å². The number of ether oxygens (including phenoxy) is 2. The lowest BCUT2D eigenvalue weighted by Gasteiger charge is -2.34. The van der Waals surface area contributed by atoms with Crippen molar-refractivity contribution in [3.63, 3.8) is 0 Å². The number of nitrogens with zero attached hydrogens (tertiary/aromatic N) is 1. The highest BCUT2D eigenvalue weighted by Gasteiger charge is 2.25. The molecule has 25 heavy (non-hydrogen) atoms. The van der Waals surface area contributed by atoms with Crippen LogP contribution in [0.15, 0.2) is 54.6 Å². The van der Waals surface area contributed by atoms with Gasteiger partial charge in [0, 0.05) is 19.2 Å². The Morgan fingerprint density at radius 1 is 0.960 bits per heavy atom. The number of rotatable bonds is 5. The largest absolute Gasteiger partial charge is 0.484 e. The van der Waals surface area contributed by atoms with E-state index in [4.69, 9.17) is 9.47 Å². The van der Waals surface area contributed by atoms with Crippen LogP contribution in [0.5, 0.6) is 17.2 Å². The highest BCUT2D eigenvalue weighted by atomic mass is 16.5. The number of carbonyl (C=O) groups is 1. The molecule has 2 aromatic carbocycles. The highest BCUT2D eigenvalue weighted by Crippen LogP contribution is 2.25. The van der Waals surface area contributed by atoms with Crippen LogP contribution in [-0.2, 0) is 4.79 Å². The van der Waals surface area contributed by atoms with Crippen LogP contribution in [0.1, 0.15) is 20.3 Å². The minimum absolute atomic E-state index is 0.0489. The maximum absolute atomic E-state index is 12.4. The van der Waals surface area contributed by atoms with Crippen LogP contribution in [0.2, 0.25) is 0 Å². The molecular formula is C21H25NO3. The molecule has 0 bridgehead atoms. The number of piperidine rings is 1. The number of likely N-dealkylation sites (tertiary alicyclic amines) is 1. The summed E-state index contributed by atoms with van der Waals surface area (Å²) in [7, 11) is 0. The Morgan fingerprint density at radius 3 is 2.32 bits per heavy atom. The van der Waals surface area contributed by atoms with Crippen molar-refractivity contribution in [2.45, 2.75) is 20.3 Å². The van der Waals surface area contributed by atoms with Gasteiger partial charge in [-0.2, -0.15) is 0 Å². The average Bonchev–Trinajstić information content (AvgIpc) is 2.60. The fourth-order valence-corrected chi connectivity index (χ4v) is 3.36. The summed E-state index contributed by atoms with van der Waals surface area (Å²) >= 11 is 0. The van der Waals surface area contributed by atoms with Crippen molar-refractivity contribution in [2.75, 3.05) is 19.7 Å². The van der Waals surface area contributed by atoms with Gasteiger partial charge in [-0.1, -0.05) is 38.1 Å². The number of benzene rings is 2. The van der Waals surface area contributed by atoms with Gasteiger partial charge >= 0.3 is 0 Å². The fourth-order valence-electron chi connectivity index (χ4n) is 3.36. The van der Waals surface area contributed by atoms with Crippen molar-refractivity contribution < 1.29 is 14.3 Å². The van der Waals surface area contributed by atoms with Gasteiger partial charge in [-0.05, 0) is 42.5 Å². The highest BCUT2D eigenvalue weighted by molar-refractivity contribution is 5.77. The van der Waals surface area contributed by atoms with Gasteiger partial charge in [0.1, 0.15) is 17.2 Å². The molecule has 4 heteroatoms. The zero-order chi connectivity index (χ0) is 17.6. The molecule has 132 valence electrons. The first-order valence-corrected chi connectivity index (χ1v) is 8.83. The molecule has 0 N–H and O–H groups in total. The molecule has 1 saturated heterocycles. The summed E-state index contributed by atoms with van der Waals surface area (Å²) in [5.41, 5.74) is 0. The standard InChI is InChI=1S/C21H25NO3/c1-16-11-17(2)14-22(13-16)21(23)15-24-19-9-6-10-20(12-19)25-18-7-4-3-5-8-18/h3-10,12,16-17H,11,13-15H2,1-2H3/t16-,17-/m0/s1. The average molecular weight is 339 g/mol. The zero-order valence-electron chi connectivity index (χ0n) is 14.9. The molecule has 0 aliphatic carbocycles. The Labute approximate surface area is 149 Å². The van der Waals surface area contributed by atoms with Gasteiger partial charge in [-0.15, -0.1) is 0 Å². The number of hydrogen-bond donors (Lipinski definition) is 0. The normalized spacial score (nSPS) is 20.2. The Hall–Kier alpha value is -2.49. The van der Waals surface area contributed by atoms with Gasteiger partial charge in [0.15, 0.2) is 6.61 Å². The minimum Gasteiger partial charge on any atom is -0.484 e. The van der Waals surface area contributed by atoms with Crippen LogP contribution in [0.4, 0.5) is 0 Å². The van der Waals surface area contributed by atoms with Crippen LogP contribution in [0.3, 0.4) is 0 Å². The molecule has 0 saturated carbocycles. The van der Waals surface area contributed by atoms with Crippen molar-refractivity contribution in [3.05, 3.63) is 54.6 Å². The summed E-state index contributed by atoms with van der Waals surface area (Å²) in [4.78, 5) is 14.3. The predicted octanol–water partition coefficient (Wildman–Crippen LogP) is 4.36. The molecule has 2 atom stereocenters. The van der Waals surface area contributed by atoms with E-state index in [9.17, 15) is 4.79 Å². The SMILES string of the molecule is C[C@H]1C[C@H](C)CN(C(=O)COc2cccc(Oc3ccccc3)c2)C1. The molecule has 0 spiro atoms. The van der Waals surface area contributed by atoms with Crippen LogP contribution in [0, 0.1) is 11.8 Å². The predicted molar refractivity (Wildman–Crippen MR) is 98.0 cm³/mol. The molecule has 0 aromatic heterocycles. The molecule has 2 aromatic rings. The van der Waals surface area contributed by atoms with E-state index in [0.29, 0.717) is 23.3 Å². The monoisotopic (exact) mass is 339 g/mol. The van der Waals surface area contributed by atoms with Crippen molar-refractivity contribution in [1.82, 2.24) is 4.90 Å². The summed E-state index contributed by atoms with van der Waals surface area (Å²) in [6.45, 7) is 6.10. The second kappa shape index (κ2) is 8.06. The Morgan fingerprint density at radius 2 is 1.60 bits per heavy atom. The second-order valence-electron chi connectivity index (χ2n) is 6.92. The van der Waals surface area contributed by atoms with Gasteiger partial charge in [0.2, 0.25) is 0 Å². The molecule has 4 nitrogen and oxygen atoms in total. The zero-order valence-corrected chi connectivity index (χ0v) is 14.9. The van der Waals surface area contributed by atoms with Crippen molar-refractivity contribution in [3.8, 4) is 17.2 Å². The van der Waals surface area contributed by atoms with Crippen molar-refractivity contribution in [2.24, 2.45) is 11.8 Å². The van der Waals surface area contributed by atoms with Crippen LogP contribution in [0.25, 0.3) is 0 Å². The molecule has 0 unspecified atom stereocenters. The van der Waals surface area contributed by atoms with Crippen molar-refractivity contribution >= 4 is 5.91 Å². The Bertz CT molecular complexity index is 691. The van der Waals surface area contributed by atoms with E-state index in [-0.39, 0.29) is 12.5 Å². The number of hydrogen-bond acceptors (Lipinski definition) is 3. The van der Waals surface area contributed by atoms with E-state index in [1.165, 1.54) is 6.42 Å². The molecule has 3 rings (SSSR count). The number of carbonyl (C=O) groups excluding carboxylic acids is 1. The van der Waals surface area contributed by atoms with Gasteiger partial charge in [-0.3, -0.25) is 4.79 Å². The van der Waals surface area contributed by atoms with E-state index in [2.05, 4.69) is 13.8 Å². The quantitative estimate of drug-likeness (QED) is 0.812.